The lowest BCUT2D eigenvalue weighted by Gasteiger charge is -2.22. The second-order valence-electron chi connectivity index (χ2n) is 5.67. The molecule has 1 unspecified atom stereocenters. The summed E-state index contributed by atoms with van der Waals surface area (Å²) in [7, 11) is 1.44. The Hall–Kier alpha value is -2.61. The van der Waals surface area contributed by atoms with Crippen molar-refractivity contribution in [1.29, 1.82) is 0 Å². The smallest absolute Gasteiger partial charge is 0.323 e. The molecule has 0 spiro atoms. The molecule has 8 nitrogen and oxygen atoms in total. The zero-order valence-corrected chi connectivity index (χ0v) is 14.5. The number of hydrogen-bond acceptors (Lipinski definition) is 5. The molecule has 1 heterocycles. The molecule has 0 aromatic heterocycles. The van der Waals surface area contributed by atoms with Crippen LogP contribution in [-0.2, 0) is 25.6 Å². The number of aliphatic carboxylic acids is 1. The molecule has 1 aliphatic rings. The van der Waals surface area contributed by atoms with Gasteiger partial charge in [0.2, 0.25) is 17.7 Å². The summed E-state index contributed by atoms with van der Waals surface area (Å²) in [5.74, 6) is -1.96. The first-order chi connectivity index (χ1) is 11.3. The van der Waals surface area contributed by atoms with Crippen LogP contribution in [0.3, 0.4) is 0 Å². The van der Waals surface area contributed by atoms with Crippen LogP contribution in [0.25, 0.3) is 0 Å². The van der Waals surface area contributed by atoms with Gasteiger partial charge in [0.05, 0.1) is 6.42 Å². The summed E-state index contributed by atoms with van der Waals surface area (Å²) in [6, 6.07) is 6.49. The van der Waals surface area contributed by atoms with Crippen molar-refractivity contribution in [3.63, 3.8) is 0 Å². The van der Waals surface area contributed by atoms with Crippen molar-refractivity contribution in [2.24, 2.45) is 0 Å². The lowest BCUT2D eigenvalue weighted by molar-refractivity contribution is -0.143. The van der Waals surface area contributed by atoms with E-state index in [0.29, 0.717) is 18.5 Å². The normalized spacial score (nSPS) is 16.4. The molecule has 1 aromatic carbocycles. The summed E-state index contributed by atoms with van der Waals surface area (Å²) < 4.78 is 0. The highest BCUT2D eigenvalue weighted by Crippen LogP contribution is 2.15. The van der Waals surface area contributed by atoms with E-state index < -0.39 is 12.0 Å². The van der Waals surface area contributed by atoms with Crippen molar-refractivity contribution < 1.29 is 24.3 Å². The maximum absolute atomic E-state index is 11.9. The summed E-state index contributed by atoms with van der Waals surface area (Å²) in [4.78, 5) is 46.4. The van der Waals surface area contributed by atoms with Gasteiger partial charge in [-0.3, -0.25) is 24.5 Å². The van der Waals surface area contributed by atoms with E-state index in [9.17, 15) is 19.2 Å². The van der Waals surface area contributed by atoms with Crippen molar-refractivity contribution in [1.82, 2.24) is 10.2 Å². The van der Waals surface area contributed by atoms with Gasteiger partial charge in [-0.15, -0.1) is 12.4 Å². The number of hydrogen-bond donors (Lipinski definition) is 3. The molecule has 136 valence electrons. The Morgan fingerprint density at radius 3 is 2.48 bits per heavy atom. The number of imide groups is 1. The lowest BCUT2D eigenvalue weighted by atomic mass is 10.1. The molecule has 9 heteroatoms. The number of carboxylic acid groups (broad SMARTS) is 1. The second kappa shape index (κ2) is 9.03. The third-order valence-electron chi connectivity index (χ3n) is 3.69. The Morgan fingerprint density at radius 1 is 1.28 bits per heavy atom. The van der Waals surface area contributed by atoms with Gasteiger partial charge in [0, 0.05) is 19.2 Å². The number of carboxylic acids is 1. The van der Waals surface area contributed by atoms with E-state index in [1.54, 1.807) is 24.3 Å². The van der Waals surface area contributed by atoms with Crippen LogP contribution in [0.5, 0.6) is 0 Å². The minimum atomic E-state index is -1.06. The van der Waals surface area contributed by atoms with Crippen molar-refractivity contribution in [2.45, 2.75) is 25.3 Å². The van der Waals surface area contributed by atoms with E-state index in [4.69, 9.17) is 5.11 Å². The molecule has 2 rings (SSSR count). The highest BCUT2D eigenvalue weighted by Gasteiger charge is 2.26. The molecule has 3 N–H and O–H groups in total. The number of nitrogens with zero attached hydrogens (tertiary/aromatic N) is 1. The van der Waals surface area contributed by atoms with Crippen LogP contribution in [0.2, 0.25) is 0 Å². The predicted molar refractivity (Wildman–Crippen MR) is 92.5 cm³/mol. The van der Waals surface area contributed by atoms with E-state index in [-0.39, 0.29) is 43.1 Å². The zero-order chi connectivity index (χ0) is 17.7. The van der Waals surface area contributed by atoms with Gasteiger partial charge in [0.25, 0.3) is 0 Å². The first-order valence-corrected chi connectivity index (χ1v) is 7.50. The van der Waals surface area contributed by atoms with Crippen LogP contribution in [0.1, 0.15) is 18.4 Å². The topological polar surface area (TPSA) is 116 Å². The number of rotatable bonds is 6. The maximum atomic E-state index is 11.9. The van der Waals surface area contributed by atoms with E-state index in [1.807, 2.05) is 0 Å². The average Bonchev–Trinajstić information content (AvgIpc) is 2.51. The number of halogens is 1. The van der Waals surface area contributed by atoms with Crippen LogP contribution in [0, 0.1) is 0 Å². The SMILES string of the molecule is CN(CC(=O)O)C(=O)Cc1ccc(NC2CCC(=O)NC2=O)cc1.Cl. The predicted octanol–water partition coefficient (Wildman–Crippen LogP) is 0.411. The van der Waals surface area contributed by atoms with Crippen molar-refractivity contribution >= 4 is 41.8 Å². The van der Waals surface area contributed by atoms with E-state index >= 15 is 0 Å². The van der Waals surface area contributed by atoms with Crippen LogP contribution < -0.4 is 10.6 Å². The van der Waals surface area contributed by atoms with Gasteiger partial charge in [-0.2, -0.15) is 0 Å². The van der Waals surface area contributed by atoms with E-state index in [2.05, 4.69) is 10.6 Å². The largest absolute Gasteiger partial charge is 0.480 e. The van der Waals surface area contributed by atoms with Crippen LogP contribution in [0.15, 0.2) is 24.3 Å². The molecule has 0 saturated carbocycles. The summed E-state index contributed by atoms with van der Waals surface area (Å²) in [5.41, 5.74) is 1.45. The maximum Gasteiger partial charge on any atom is 0.323 e. The summed E-state index contributed by atoms with van der Waals surface area (Å²) >= 11 is 0. The van der Waals surface area contributed by atoms with Crippen molar-refractivity contribution in [2.75, 3.05) is 18.9 Å². The van der Waals surface area contributed by atoms with E-state index in [1.165, 1.54) is 7.05 Å². The Kier molecular flexibility index (Phi) is 7.38. The fourth-order valence-corrected chi connectivity index (χ4v) is 2.35. The highest BCUT2D eigenvalue weighted by atomic mass is 35.5. The van der Waals surface area contributed by atoms with Crippen molar-refractivity contribution in [3.8, 4) is 0 Å². The first-order valence-electron chi connectivity index (χ1n) is 7.50. The molecule has 25 heavy (non-hydrogen) atoms. The fraction of sp³-hybridized carbons (Fsp3) is 0.375. The standard InChI is InChI=1S/C16H19N3O5.ClH/c1-19(9-15(22)23)14(21)8-10-2-4-11(5-3-10)17-12-6-7-13(20)18-16(12)24;/h2-5,12,17H,6-9H2,1H3,(H,22,23)(H,18,20,24);1H. The van der Waals surface area contributed by atoms with Gasteiger partial charge in [0.15, 0.2) is 0 Å². The molecular weight excluding hydrogens is 350 g/mol. The summed E-state index contributed by atoms with van der Waals surface area (Å²) in [5, 5.41) is 14.0. The monoisotopic (exact) mass is 369 g/mol. The number of nitrogens with one attached hydrogen (secondary N) is 2. The van der Waals surface area contributed by atoms with Gasteiger partial charge in [-0.1, -0.05) is 12.1 Å². The molecule has 1 fully saturated rings. The second-order valence-corrected chi connectivity index (χ2v) is 5.67. The van der Waals surface area contributed by atoms with Gasteiger partial charge < -0.3 is 15.3 Å². The third kappa shape index (κ3) is 6.07. The quantitative estimate of drug-likeness (QED) is 0.625. The minimum Gasteiger partial charge on any atom is -0.480 e. The molecule has 1 saturated heterocycles. The number of amides is 3. The molecule has 0 bridgehead atoms. The van der Waals surface area contributed by atoms with Crippen LogP contribution in [-0.4, -0.2) is 53.3 Å². The zero-order valence-electron chi connectivity index (χ0n) is 13.7. The molecular formula is C16H20ClN3O5. The molecule has 0 radical (unpaired) electrons. The lowest BCUT2D eigenvalue weighted by Crippen LogP contribution is -2.47. The van der Waals surface area contributed by atoms with Gasteiger partial charge in [0.1, 0.15) is 12.6 Å². The highest BCUT2D eigenvalue weighted by molar-refractivity contribution is 6.01. The Bertz CT molecular complexity index is 662. The Morgan fingerprint density at radius 2 is 1.92 bits per heavy atom. The van der Waals surface area contributed by atoms with Gasteiger partial charge in [-0.05, 0) is 24.1 Å². The average molecular weight is 370 g/mol. The van der Waals surface area contributed by atoms with Crippen molar-refractivity contribution in [3.05, 3.63) is 29.8 Å². The fourth-order valence-electron chi connectivity index (χ4n) is 2.35. The Balaban J connectivity index is 0.00000312. The molecule has 1 aromatic rings. The van der Waals surface area contributed by atoms with Crippen LogP contribution >= 0.6 is 12.4 Å². The molecule has 3 amide bonds. The van der Waals surface area contributed by atoms with Crippen LogP contribution in [0.4, 0.5) is 5.69 Å². The number of carbonyl (C=O) groups is 4. The number of anilines is 1. The number of likely N-dealkylation sites (N-methyl/N-ethyl adjacent to an activating group) is 1. The minimum absolute atomic E-state index is 0. The van der Waals surface area contributed by atoms with Gasteiger partial charge in [-0.25, -0.2) is 0 Å². The first kappa shape index (κ1) is 20.4. The number of benzene rings is 1. The molecule has 1 aliphatic heterocycles. The summed E-state index contributed by atoms with van der Waals surface area (Å²) in [6.07, 6.45) is 0.833. The molecule has 0 aliphatic carbocycles. The molecule has 1 atom stereocenters. The summed E-state index contributed by atoms with van der Waals surface area (Å²) in [6.45, 7) is -0.339. The number of piperidine rings is 1. The number of carbonyl (C=O) groups excluding carboxylic acids is 3. The van der Waals surface area contributed by atoms with Gasteiger partial charge >= 0.3 is 5.97 Å². The Labute approximate surface area is 151 Å². The van der Waals surface area contributed by atoms with E-state index in [0.717, 1.165) is 10.5 Å². The third-order valence-corrected chi connectivity index (χ3v) is 3.69.